The zero-order valence-electron chi connectivity index (χ0n) is 12.7. The zero-order valence-corrected chi connectivity index (χ0v) is 12.7. The fourth-order valence-electron chi connectivity index (χ4n) is 2.35. The lowest BCUT2D eigenvalue weighted by molar-refractivity contribution is -0.137. The molecule has 3 N–H and O–H groups in total. The normalized spacial score (nSPS) is 20.6. The largest absolute Gasteiger partial charge is 0.481 e. The maximum Gasteiger partial charge on any atom is 0.303 e. The van der Waals surface area contributed by atoms with Crippen LogP contribution in [0.2, 0.25) is 0 Å². The molecule has 1 aliphatic rings. The summed E-state index contributed by atoms with van der Waals surface area (Å²) < 4.78 is 0. The Bertz CT molecular complexity index is 683. The topological polar surface area (TPSA) is 119 Å². The van der Waals surface area contributed by atoms with Crippen molar-refractivity contribution in [3.05, 3.63) is 35.4 Å². The molecule has 1 aromatic carbocycles. The molecule has 122 valence electrons. The highest BCUT2D eigenvalue weighted by molar-refractivity contribution is 6.23. The van der Waals surface area contributed by atoms with Crippen LogP contribution in [0.1, 0.15) is 35.7 Å². The van der Waals surface area contributed by atoms with Crippen molar-refractivity contribution >= 4 is 23.4 Å². The van der Waals surface area contributed by atoms with Crippen molar-refractivity contribution in [2.24, 2.45) is 5.10 Å². The number of carbonyl (C=O) groups is 3. The van der Waals surface area contributed by atoms with E-state index in [2.05, 4.69) is 5.10 Å². The van der Waals surface area contributed by atoms with E-state index in [-0.39, 0.29) is 18.6 Å². The molecule has 0 radical (unpaired) electrons. The molecule has 1 unspecified atom stereocenters. The minimum Gasteiger partial charge on any atom is -0.481 e. The first-order chi connectivity index (χ1) is 10.8. The van der Waals surface area contributed by atoms with Crippen LogP contribution < -0.4 is 5.48 Å². The highest BCUT2D eigenvalue weighted by atomic mass is 16.5. The van der Waals surface area contributed by atoms with Gasteiger partial charge in [0.05, 0.1) is 12.1 Å². The number of hydrazone groups is 1. The van der Waals surface area contributed by atoms with Gasteiger partial charge in [0, 0.05) is 24.6 Å². The molecule has 0 aliphatic carbocycles. The van der Waals surface area contributed by atoms with Gasteiger partial charge in [-0.1, -0.05) is 24.3 Å². The van der Waals surface area contributed by atoms with Crippen LogP contribution in [0, 0.1) is 0 Å². The van der Waals surface area contributed by atoms with Crippen molar-refractivity contribution < 1.29 is 24.7 Å². The molecule has 1 heterocycles. The summed E-state index contributed by atoms with van der Waals surface area (Å²) in [5, 5.41) is 23.2. The van der Waals surface area contributed by atoms with E-state index in [9.17, 15) is 19.6 Å². The second-order valence-electron chi connectivity index (χ2n) is 5.41. The van der Waals surface area contributed by atoms with Gasteiger partial charge in [0.15, 0.2) is 11.3 Å². The molecule has 23 heavy (non-hydrogen) atoms. The van der Waals surface area contributed by atoms with Gasteiger partial charge < -0.3 is 10.3 Å². The Morgan fingerprint density at radius 2 is 1.87 bits per heavy atom. The van der Waals surface area contributed by atoms with Crippen LogP contribution in [0.15, 0.2) is 29.4 Å². The lowest BCUT2D eigenvalue weighted by Gasteiger charge is -2.21. The van der Waals surface area contributed by atoms with E-state index in [0.717, 1.165) is 5.01 Å². The Kier molecular flexibility index (Phi) is 4.57. The summed E-state index contributed by atoms with van der Waals surface area (Å²) in [6.45, 7) is 1.50. The number of carboxylic acid groups (broad SMARTS) is 1. The van der Waals surface area contributed by atoms with E-state index >= 15 is 0 Å². The Hall–Kier alpha value is -2.58. The van der Waals surface area contributed by atoms with Crippen LogP contribution in [0.25, 0.3) is 0 Å². The van der Waals surface area contributed by atoms with Gasteiger partial charge in [-0.05, 0) is 6.92 Å². The molecular formula is C15H17N3O5. The lowest BCUT2D eigenvalue weighted by Crippen LogP contribution is -2.53. The number of hydroxylamine groups is 1. The number of hydrogen-bond acceptors (Lipinski definition) is 6. The molecule has 1 aromatic rings. The third kappa shape index (κ3) is 3.13. The third-order valence-corrected chi connectivity index (χ3v) is 3.72. The summed E-state index contributed by atoms with van der Waals surface area (Å²) in [5.74, 6) is -1.71. The van der Waals surface area contributed by atoms with Gasteiger partial charge in [0.1, 0.15) is 0 Å². The van der Waals surface area contributed by atoms with Crippen molar-refractivity contribution in [1.82, 2.24) is 10.5 Å². The van der Waals surface area contributed by atoms with Gasteiger partial charge in [0.2, 0.25) is 0 Å². The third-order valence-electron chi connectivity index (χ3n) is 3.72. The molecule has 0 saturated carbocycles. The predicted molar refractivity (Wildman–Crippen MR) is 80.3 cm³/mol. The van der Waals surface area contributed by atoms with E-state index in [1.165, 1.54) is 14.0 Å². The van der Waals surface area contributed by atoms with Gasteiger partial charge in [0.25, 0.3) is 5.91 Å². The van der Waals surface area contributed by atoms with Gasteiger partial charge in [-0.15, -0.1) is 0 Å². The van der Waals surface area contributed by atoms with Crippen LogP contribution in [-0.2, 0) is 9.59 Å². The molecule has 2 rings (SSSR count). The first kappa shape index (κ1) is 16.8. The molecule has 1 aliphatic heterocycles. The van der Waals surface area contributed by atoms with Crippen LogP contribution in [0.4, 0.5) is 0 Å². The first-order valence-corrected chi connectivity index (χ1v) is 6.93. The molecular weight excluding hydrogens is 302 g/mol. The summed E-state index contributed by atoms with van der Waals surface area (Å²) in [5.41, 5.74) is 1.91. The van der Waals surface area contributed by atoms with Crippen LogP contribution in [-0.4, -0.2) is 51.3 Å². The van der Waals surface area contributed by atoms with Crippen molar-refractivity contribution in [2.45, 2.75) is 25.3 Å². The van der Waals surface area contributed by atoms with E-state index in [1.54, 1.807) is 24.3 Å². The zero-order chi connectivity index (χ0) is 17.2. The average molecular weight is 319 g/mol. The highest BCUT2D eigenvalue weighted by Crippen LogP contribution is 2.24. The molecule has 0 bridgehead atoms. The van der Waals surface area contributed by atoms with Crippen molar-refractivity contribution in [2.75, 3.05) is 7.05 Å². The Labute approximate surface area is 132 Å². The summed E-state index contributed by atoms with van der Waals surface area (Å²) in [6.07, 6.45) is -0.300. The van der Waals surface area contributed by atoms with E-state index in [1.807, 2.05) is 5.48 Å². The standard InChI is InChI=1S/C15H17N3O5/c1-15(17-23)13(16-18(2)14(15)22)10-5-3-9(4-6-10)11(19)7-8-12(20)21/h3-6,17,23H,7-8H2,1-2H3,(H,20,21). The molecule has 1 atom stereocenters. The number of amides is 1. The molecule has 8 heteroatoms. The molecule has 0 aromatic heterocycles. The van der Waals surface area contributed by atoms with Gasteiger partial charge in [-0.25, -0.2) is 5.01 Å². The van der Waals surface area contributed by atoms with Gasteiger partial charge in [-0.3, -0.25) is 14.4 Å². The average Bonchev–Trinajstić information content (AvgIpc) is 2.77. The quantitative estimate of drug-likeness (QED) is 0.523. The van der Waals surface area contributed by atoms with Gasteiger partial charge in [-0.2, -0.15) is 10.6 Å². The maximum atomic E-state index is 12.0. The number of Topliss-reactive ketones (excluding diaryl/α,β-unsaturated/α-hetero) is 1. The maximum absolute atomic E-state index is 12.0. The van der Waals surface area contributed by atoms with Crippen LogP contribution in [0.3, 0.4) is 0 Å². The molecule has 8 nitrogen and oxygen atoms in total. The predicted octanol–water partition coefficient (Wildman–Crippen LogP) is 0.648. The Morgan fingerprint density at radius 3 is 2.39 bits per heavy atom. The second kappa shape index (κ2) is 6.27. The number of benzene rings is 1. The molecule has 0 saturated heterocycles. The van der Waals surface area contributed by atoms with Crippen molar-refractivity contribution in [1.29, 1.82) is 0 Å². The highest BCUT2D eigenvalue weighted by Gasteiger charge is 2.46. The summed E-state index contributed by atoms with van der Waals surface area (Å²) >= 11 is 0. The van der Waals surface area contributed by atoms with E-state index in [4.69, 9.17) is 5.11 Å². The Balaban J connectivity index is 2.23. The summed E-state index contributed by atoms with van der Waals surface area (Å²) in [6, 6.07) is 6.30. The van der Waals surface area contributed by atoms with Crippen LogP contribution >= 0.6 is 0 Å². The van der Waals surface area contributed by atoms with E-state index < -0.39 is 17.4 Å². The van der Waals surface area contributed by atoms with Crippen molar-refractivity contribution in [3.63, 3.8) is 0 Å². The summed E-state index contributed by atoms with van der Waals surface area (Å²) in [7, 11) is 1.48. The number of rotatable bonds is 6. The minimum absolute atomic E-state index is 0.0766. The fraction of sp³-hybridized carbons (Fsp3) is 0.333. The minimum atomic E-state index is -1.36. The van der Waals surface area contributed by atoms with E-state index in [0.29, 0.717) is 16.8 Å². The smallest absolute Gasteiger partial charge is 0.303 e. The van der Waals surface area contributed by atoms with Gasteiger partial charge >= 0.3 is 5.97 Å². The monoisotopic (exact) mass is 319 g/mol. The number of hydrogen-bond donors (Lipinski definition) is 3. The number of aliphatic carboxylic acids is 1. The number of carboxylic acids is 1. The lowest BCUT2D eigenvalue weighted by atomic mass is 9.90. The fourth-order valence-corrected chi connectivity index (χ4v) is 2.35. The van der Waals surface area contributed by atoms with Crippen molar-refractivity contribution in [3.8, 4) is 0 Å². The molecule has 0 fully saturated rings. The SMILES string of the molecule is CN1N=C(c2ccc(C(=O)CCC(=O)O)cc2)C(C)(NO)C1=O. The van der Waals surface area contributed by atoms with Crippen LogP contribution in [0.5, 0.6) is 0 Å². The first-order valence-electron chi connectivity index (χ1n) is 6.93. The number of carbonyl (C=O) groups excluding carboxylic acids is 2. The number of nitrogens with zero attached hydrogens (tertiary/aromatic N) is 2. The second-order valence-corrected chi connectivity index (χ2v) is 5.41. The molecule has 1 amide bonds. The Morgan fingerprint density at radius 1 is 1.26 bits per heavy atom. The number of likely N-dealkylation sites (N-methyl/N-ethyl adjacent to an activating group) is 1. The number of ketones is 1. The summed E-state index contributed by atoms with van der Waals surface area (Å²) in [4.78, 5) is 34.4. The number of nitrogens with one attached hydrogen (secondary N) is 1. The molecule has 0 spiro atoms.